The number of nitro benzene ring substituents is 1. The molecule has 0 amide bonds. The number of benzene rings is 1. The van der Waals surface area contributed by atoms with Crippen LogP contribution in [0.1, 0.15) is 5.56 Å². The molecule has 1 N–H and O–H groups in total. The maximum atomic E-state index is 11.9. The normalized spacial score (nSPS) is 11.4. The van der Waals surface area contributed by atoms with Crippen molar-refractivity contribution in [1.29, 1.82) is 0 Å². The Bertz CT molecular complexity index is 469. The van der Waals surface area contributed by atoms with Crippen LogP contribution in [-0.2, 0) is 6.54 Å². The minimum atomic E-state index is -4.33. The van der Waals surface area contributed by atoms with Gasteiger partial charge in [0, 0.05) is 18.4 Å². The number of halogens is 3. The first-order valence-electron chi connectivity index (χ1n) is 5.59. The van der Waals surface area contributed by atoms with Crippen LogP contribution in [0, 0.1) is 10.1 Å². The monoisotopic (exact) mass is 310 g/mol. The van der Waals surface area contributed by atoms with Gasteiger partial charge in [0.25, 0.3) is 0 Å². The molecule has 1 rings (SSSR count). The summed E-state index contributed by atoms with van der Waals surface area (Å²) >= 11 is -0.226. The molecular weight excluding hydrogens is 297 g/mol. The molecule has 0 spiro atoms. The predicted octanol–water partition coefficient (Wildman–Crippen LogP) is 2.95. The summed E-state index contributed by atoms with van der Waals surface area (Å²) in [7, 11) is 1.71. The van der Waals surface area contributed by atoms with E-state index in [-0.39, 0.29) is 35.6 Å². The van der Waals surface area contributed by atoms with Gasteiger partial charge in [-0.2, -0.15) is 13.2 Å². The molecule has 0 aromatic heterocycles. The molecule has 0 unspecified atom stereocenters. The Morgan fingerprint density at radius 2 is 2.15 bits per heavy atom. The van der Waals surface area contributed by atoms with E-state index >= 15 is 0 Å². The first-order chi connectivity index (χ1) is 9.33. The van der Waals surface area contributed by atoms with Crippen LogP contribution in [0.2, 0.25) is 0 Å². The summed E-state index contributed by atoms with van der Waals surface area (Å²) in [6, 6.07) is 4.29. The zero-order valence-electron chi connectivity index (χ0n) is 10.6. The molecule has 0 fully saturated rings. The molecule has 5 nitrogen and oxygen atoms in total. The Balaban J connectivity index is 2.70. The van der Waals surface area contributed by atoms with Crippen molar-refractivity contribution in [2.45, 2.75) is 12.1 Å². The van der Waals surface area contributed by atoms with Gasteiger partial charge < -0.3 is 10.1 Å². The third-order valence-corrected chi connectivity index (χ3v) is 2.91. The highest BCUT2D eigenvalue weighted by Gasteiger charge is 2.27. The molecule has 0 bridgehead atoms. The molecule has 0 aliphatic rings. The zero-order valence-corrected chi connectivity index (χ0v) is 11.4. The highest BCUT2D eigenvalue weighted by molar-refractivity contribution is 8.00. The summed E-state index contributed by atoms with van der Waals surface area (Å²) in [6.45, 7) is 0.222. The highest BCUT2D eigenvalue weighted by Crippen LogP contribution is 2.31. The van der Waals surface area contributed by atoms with Gasteiger partial charge >= 0.3 is 11.2 Å². The summed E-state index contributed by atoms with van der Waals surface area (Å²) in [5.74, 6) is -0.345. The Morgan fingerprint density at radius 3 is 2.70 bits per heavy atom. The van der Waals surface area contributed by atoms with E-state index in [1.54, 1.807) is 13.1 Å². The van der Waals surface area contributed by atoms with E-state index < -0.39 is 10.4 Å². The van der Waals surface area contributed by atoms with Crippen molar-refractivity contribution in [3.8, 4) is 5.75 Å². The molecule has 0 saturated heterocycles. The van der Waals surface area contributed by atoms with Crippen molar-refractivity contribution in [3.63, 3.8) is 0 Å². The number of hydrogen-bond donors (Lipinski definition) is 1. The van der Waals surface area contributed by atoms with Crippen LogP contribution in [0.25, 0.3) is 0 Å². The number of rotatable bonds is 7. The number of alkyl halides is 3. The summed E-state index contributed by atoms with van der Waals surface area (Å²) in [4.78, 5) is 10.2. The molecule has 0 saturated carbocycles. The van der Waals surface area contributed by atoms with Gasteiger partial charge in [0.2, 0.25) is 0 Å². The fraction of sp³-hybridized carbons (Fsp3) is 0.455. The van der Waals surface area contributed by atoms with Crippen molar-refractivity contribution in [2.75, 3.05) is 19.4 Å². The van der Waals surface area contributed by atoms with Crippen molar-refractivity contribution < 1.29 is 22.8 Å². The SMILES string of the molecule is CNCc1ccc([N+](=O)[O-])c(OCCSC(F)(F)F)c1. The number of nitro groups is 1. The van der Waals surface area contributed by atoms with Gasteiger partial charge in [-0.3, -0.25) is 10.1 Å². The second-order valence-electron chi connectivity index (χ2n) is 3.73. The van der Waals surface area contributed by atoms with Crippen molar-refractivity contribution in [1.82, 2.24) is 5.32 Å². The molecule has 0 atom stereocenters. The molecule has 0 heterocycles. The topological polar surface area (TPSA) is 64.4 Å². The maximum Gasteiger partial charge on any atom is 0.441 e. The van der Waals surface area contributed by atoms with Crippen LogP contribution in [0.15, 0.2) is 18.2 Å². The molecule has 0 aliphatic carbocycles. The molecule has 9 heteroatoms. The van der Waals surface area contributed by atoms with E-state index in [2.05, 4.69) is 5.32 Å². The Labute approximate surface area is 117 Å². The van der Waals surface area contributed by atoms with Crippen LogP contribution in [0.5, 0.6) is 5.75 Å². The molecule has 1 aromatic carbocycles. The van der Waals surface area contributed by atoms with E-state index in [4.69, 9.17) is 4.74 Å². The molecular formula is C11H13F3N2O3S. The summed E-state index contributed by atoms with van der Waals surface area (Å²) in [5.41, 5.74) is -3.85. The van der Waals surface area contributed by atoms with Gasteiger partial charge in [-0.25, -0.2) is 0 Å². The van der Waals surface area contributed by atoms with Gasteiger partial charge in [0.1, 0.15) is 0 Å². The van der Waals surface area contributed by atoms with Gasteiger partial charge in [-0.05, 0) is 30.4 Å². The lowest BCUT2D eigenvalue weighted by atomic mass is 10.2. The lowest BCUT2D eigenvalue weighted by Gasteiger charge is -2.09. The standard InChI is InChI=1S/C11H13F3N2O3S/c1-15-7-8-2-3-9(16(17)18)10(6-8)19-4-5-20-11(12,13)14/h2-3,6,15H,4-5,7H2,1H3. The van der Waals surface area contributed by atoms with Crippen molar-refractivity contribution >= 4 is 17.4 Å². The number of ether oxygens (including phenoxy) is 1. The van der Waals surface area contributed by atoms with Crippen LogP contribution in [0.3, 0.4) is 0 Å². The molecule has 112 valence electrons. The van der Waals surface area contributed by atoms with Crippen LogP contribution >= 0.6 is 11.8 Å². The second kappa shape index (κ2) is 7.34. The average molecular weight is 310 g/mol. The van der Waals surface area contributed by atoms with E-state index in [1.807, 2.05) is 0 Å². The molecule has 1 aromatic rings. The lowest BCUT2D eigenvalue weighted by molar-refractivity contribution is -0.385. The molecule has 0 aliphatic heterocycles. The van der Waals surface area contributed by atoms with Crippen molar-refractivity contribution in [3.05, 3.63) is 33.9 Å². The third kappa shape index (κ3) is 5.66. The van der Waals surface area contributed by atoms with Crippen LogP contribution in [-0.4, -0.2) is 29.8 Å². The van der Waals surface area contributed by atoms with E-state index in [1.165, 1.54) is 12.1 Å². The quantitative estimate of drug-likeness (QED) is 0.476. The minimum Gasteiger partial charge on any atom is -0.486 e. The van der Waals surface area contributed by atoms with E-state index in [0.717, 1.165) is 5.56 Å². The van der Waals surface area contributed by atoms with Gasteiger partial charge in [-0.1, -0.05) is 6.07 Å². The number of nitrogens with zero attached hydrogens (tertiary/aromatic N) is 1. The molecule has 0 radical (unpaired) electrons. The van der Waals surface area contributed by atoms with Crippen molar-refractivity contribution in [2.24, 2.45) is 0 Å². The van der Waals surface area contributed by atoms with Gasteiger partial charge in [0.05, 0.1) is 11.5 Å². The number of hydrogen-bond acceptors (Lipinski definition) is 5. The Hall–Kier alpha value is -1.48. The zero-order chi connectivity index (χ0) is 15.2. The summed E-state index contributed by atoms with van der Waals surface area (Å²) in [5, 5.41) is 13.7. The van der Waals surface area contributed by atoms with Gasteiger partial charge in [-0.15, -0.1) is 0 Å². The van der Waals surface area contributed by atoms with E-state index in [9.17, 15) is 23.3 Å². The fourth-order valence-corrected chi connectivity index (χ4v) is 1.85. The second-order valence-corrected chi connectivity index (χ2v) is 4.89. The summed E-state index contributed by atoms with van der Waals surface area (Å²) < 4.78 is 40.9. The van der Waals surface area contributed by atoms with Crippen LogP contribution in [0.4, 0.5) is 18.9 Å². The minimum absolute atomic E-state index is 0.0227. The highest BCUT2D eigenvalue weighted by atomic mass is 32.2. The van der Waals surface area contributed by atoms with E-state index in [0.29, 0.717) is 6.54 Å². The largest absolute Gasteiger partial charge is 0.486 e. The first kappa shape index (κ1) is 16.6. The maximum absolute atomic E-state index is 11.9. The lowest BCUT2D eigenvalue weighted by Crippen LogP contribution is -2.09. The first-order valence-corrected chi connectivity index (χ1v) is 6.57. The average Bonchev–Trinajstić information content (AvgIpc) is 2.34. The fourth-order valence-electron chi connectivity index (χ4n) is 1.45. The Kier molecular flexibility index (Phi) is 6.08. The Morgan fingerprint density at radius 1 is 1.45 bits per heavy atom. The number of thioether (sulfide) groups is 1. The number of nitrogens with one attached hydrogen (secondary N) is 1. The van der Waals surface area contributed by atoms with Crippen LogP contribution < -0.4 is 10.1 Å². The predicted molar refractivity (Wildman–Crippen MR) is 69.9 cm³/mol. The molecule has 20 heavy (non-hydrogen) atoms. The summed E-state index contributed by atoms with van der Waals surface area (Å²) in [6.07, 6.45) is 0. The smallest absolute Gasteiger partial charge is 0.441 e. The third-order valence-electron chi connectivity index (χ3n) is 2.21. The van der Waals surface area contributed by atoms with Gasteiger partial charge in [0.15, 0.2) is 5.75 Å².